The fourth-order valence-corrected chi connectivity index (χ4v) is 2.61. The van der Waals surface area contributed by atoms with E-state index in [1.54, 1.807) is 25.4 Å². The van der Waals surface area contributed by atoms with Crippen molar-refractivity contribution in [3.05, 3.63) is 76.2 Å². The van der Waals surface area contributed by atoms with Gasteiger partial charge in [0.1, 0.15) is 5.82 Å². The number of carbonyl (C=O) groups excluding carboxylic acids is 2. The molecule has 0 radical (unpaired) electrons. The van der Waals surface area contributed by atoms with Crippen molar-refractivity contribution in [2.24, 2.45) is 0 Å². The summed E-state index contributed by atoms with van der Waals surface area (Å²) < 4.78 is 26.5. The average Bonchev–Trinajstić information content (AvgIpc) is 3.14. The van der Waals surface area contributed by atoms with Crippen LogP contribution in [0.3, 0.4) is 0 Å². The molecular formula is C18H14ClF2N5O2. The van der Waals surface area contributed by atoms with Crippen molar-refractivity contribution < 1.29 is 18.4 Å². The van der Waals surface area contributed by atoms with E-state index in [-0.39, 0.29) is 28.1 Å². The van der Waals surface area contributed by atoms with E-state index >= 15 is 0 Å². The first-order chi connectivity index (χ1) is 13.3. The van der Waals surface area contributed by atoms with Gasteiger partial charge in [0.05, 0.1) is 16.6 Å². The molecule has 2 amide bonds. The molecule has 3 rings (SSSR count). The molecule has 7 nitrogen and oxygen atoms in total. The quantitative estimate of drug-likeness (QED) is 0.566. The fraction of sp³-hybridized carbons (Fsp3) is 0.111. The Hall–Kier alpha value is -3.33. The number of halogens is 3. The first-order valence-corrected chi connectivity index (χ1v) is 8.45. The highest BCUT2D eigenvalue weighted by Gasteiger charge is 2.18. The second kappa shape index (κ2) is 8.13. The minimum absolute atomic E-state index is 0.0300. The minimum atomic E-state index is -1.20. The molecule has 0 spiro atoms. The zero-order valence-electron chi connectivity index (χ0n) is 14.5. The zero-order chi connectivity index (χ0) is 20.3. The van der Waals surface area contributed by atoms with E-state index in [4.69, 9.17) is 11.6 Å². The molecule has 0 aliphatic rings. The van der Waals surface area contributed by atoms with E-state index in [0.29, 0.717) is 12.1 Å². The monoisotopic (exact) mass is 405 g/mol. The maximum Gasteiger partial charge on any atom is 0.272 e. The summed E-state index contributed by atoms with van der Waals surface area (Å²) in [6.07, 6.45) is 3.26. The SMILES string of the molecule is CC(NC(=O)c1cc(NC(=O)c2cc(F)c(F)cc2Cl)[nH]n1)c1cccnc1. The van der Waals surface area contributed by atoms with E-state index in [1.165, 1.54) is 6.07 Å². The van der Waals surface area contributed by atoms with Crippen LogP contribution in [0.2, 0.25) is 5.02 Å². The van der Waals surface area contributed by atoms with Gasteiger partial charge in [-0.1, -0.05) is 17.7 Å². The van der Waals surface area contributed by atoms with Gasteiger partial charge in [-0.25, -0.2) is 8.78 Å². The molecule has 2 aromatic heterocycles. The van der Waals surface area contributed by atoms with E-state index < -0.39 is 23.4 Å². The third-order valence-electron chi connectivity index (χ3n) is 3.85. The molecule has 0 bridgehead atoms. The number of amides is 2. The Morgan fingerprint density at radius 1 is 1.18 bits per heavy atom. The first-order valence-electron chi connectivity index (χ1n) is 8.07. The lowest BCUT2D eigenvalue weighted by molar-refractivity contribution is 0.0934. The molecule has 144 valence electrons. The Morgan fingerprint density at radius 2 is 1.93 bits per heavy atom. The van der Waals surface area contributed by atoms with Gasteiger partial charge in [-0.05, 0) is 30.7 Å². The largest absolute Gasteiger partial charge is 0.344 e. The first kappa shape index (κ1) is 19.4. The predicted molar refractivity (Wildman–Crippen MR) is 98.0 cm³/mol. The third-order valence-corrected chi connectivity index (χ3v) is 4.16. The molecule has 10 heteroatoms. The second-order valence-corrected chi connectivity index (χ2v) is 6.26. The molecule has 0 aliphatic heterocycles. The van der Waals surface area contributed by atoms with Gasteiger partial charge in [0.15, 0.2) is 17.3 Å². The molecule has 3 aromatic rings. The zero-order valence-corrected chi connectivity index (χ0v) is 15.2. The van der Waals surface area contributed by atoms with Gasteiger partial charge in [0, 0.05) is 18.5 Å². The summed E-state index contributed by atoms with van der Waals surface area (Å²) in [4.78, 5) is 28.5. The Labute approximate surface area is 163 Å². The van der Waals surface area contributed by atoms with E-state index in [2.05, 4.69) is 25.8 Å². The van der Waals surface area contributed by atoms with Crippen LogP contribution in [0.15, 0.2) is 42.7 Å². The number of rotatable bonds is 5. The number of anilines is 1. The molecule has 0 saturated carbocycles. The predicted octanol–water partition coefficient (Wildman–Crippen LogP) is 3.48. The molecule has 0 saturated heterocycles. The minimum Gasteiger partial charge on any atom is -0.344 e. The van der Waals surface area contributed by atoms with Crippen molar-refractivity contribution in [2.45, 2.75) is 13.0 Å². The molecule has 1 atom stereocenters. The van der Waals surface area contributed by atoms with Gasteiger partial charge >= 0.3 is 0 Å². The smallest absolute Gasteiger partial charge is 0.272 e. The standard InChI is InChI=1S/C18H14ClF2N5O2/c1-9(10-3-2-4-22-8-10)23-18(28)15-7-16(26-25-15)24-17(27)11-5-13(20)14(21)6-12(11)19/h2-9H,1H3,(H,23,28)(H2,24,25,26,27). The Bertz CT molecular complexity index is 1030. The number of benzene rings is 1. The molecule has 0 aliphatic carbocycles. The van der Waals surface area contributed by atoms with Gasteiger partial charge < -0.3 is 10.6 Å². The summed E-state index contributed by atoms with van der Waals surface area (Å²) in [6, 6.07) is 5.96. The molecule has 0 fully saturated rings. The summed E-state index contributed by atoms with van der Waals surface area (Å²) in [5.74, 6) is -3.54. The van der Waals surface area contributed by atoms with Crippen LogP contribution in [-0.2, 0) is 0 Å². The lowest BCUT2D eigenvalue weighted by Gasteiger charge is -2.12. The number of hydrogen-bond acceptors (Lipinski definition) is 4. The van der Waals surface area contributed by atoms with Crippen molar-refractivity contribution in [1.29, 1.82) is 0 Å². The highest BCUT2D eigenvalue weighted by atomic mass is 35.5. The molecule has 3 N–H and O–H groups in total. The van der Waals surface area contributed by atoms with Crippen molar-refractivity contribution in [1.82, 2.24) is 20.5 Å². The maximum atomic E-state index is 13.3. The average molecular weight is 406 g/mol. The van der Waals surface area contributed by atoms with Crippen LogP contribution in [0, 0.1) is 11.6 Å². The summed E-state index contributed by atoms with van der Waals surface area (Å²) >= 11 is 5.77. The third kappa shape index (κ3) is 4.32. The van der Waals surface area contributed by atoms with Crippen molar-refractivity contribution in [3.63, 3.8) is 0 Å². The maximum absolute atomic E-state index is 13.3. The summed E-state index contributed by atoms with van der Waals surface area (Å²) in [5, 5.41) is 11.2. The number of pyridine rings is 1. The van der Waals surface area contributed by atoms with Crippen LogP contribution in [-0.4, -0.2) is 27.0 Å². The second-order valence-electron chi connectivity index (χ2n) is 5.85. The Morgan fingerprint density at radius 3 is 2.64 bits per heavy atom. The van der Waals surface area contributed by atoms with Gasteiger partial charge in [0.2, 0.25) is 0 Å². The summed E-state index contributed by atoms with van der Waals surface area (Å²) in [6.45, 7) is 1.79. The highest BCUT2D eigenvalue weighted by molar-refractivity contribution is 6.34. The number of nitrogens with zero attached hydrogens (tertiary/aromatic N) is 2. The number of aromatic nitrogens is 3. The van der Waals surface area contributed by atoms with Crippen LogP contribution in [0.25, 0.3) is 0 Å². The van der Waals surface area contributed by atoms with Gasteiger partial charge in [0.25, 0.3) is 11.8 Å². The van der Waals surface area contributed by atoms with Crippen molar-refractivity contribution in [2.75, 3.05) is 5.32 Å². The highest BCUT2D eigenvalue weighted by Crippen LogP contribution is 2.21. The summed E-state index contributed by atoms with van der Waals surface area (Å²) in [7, 11) is 0. The van der Waals surface area contributed by atoms with Crippen LogP contribution < -0.4 is 10.6 Å². The topological polar surface area (TPSA) is 99.8 Å². The lowest BCUT2D eigenvalue weighted by Crippen LogP contribution is -2.27. The Balaban J connectivity index is 1.68. The van der Waals surface area contributed by atoms with Crippen molar-refractivity contribution >= 4 is 29.2 Å². The molecular weight excluding hydrogens is 392 g/mol. The molecule has 28 heavy (non-hydrogen) atoms. The number of nitrogens with one attached hydrogen (secondary N) is 3. The number of carbonyl (C=O) groups is 2. The van der Waals surface area contributed by atoms with Crippen molar-refractivity contribution in [3.8, 4) is 0 Å². The van der Waals surface area contributed by atoms with Crippen LogP contribution in [0.1, 0.15) is 39.4 Å². The van der Waals surface area contributed by atoms with E-state index in [1.807, 2.05) is 6.07 Å². The molecule has 1 unspecified atom stereocenters. The molecule has 1 aromatic carbocycles. The summed E-state index contributed by atoms with van der Waals surface area (Å²) in [5.41, 5.74) is 0.585. The number of H-pyrrole nitrogens is 1. The van der Waals surface area contributed by atoms with Gasteiger partial charge in [-0.3, -0.25) is 19.7 Å². The van der Waals surface area contributed by atoms with E-state index in [9.17, 15) is 18.4 Å². The Kier molecular flexibility index (Phi) is 5.65. The van der Waals surface area contributed by atoms with Crippen LogP contribution >= 0.6 is 11.6 Å². The normalized spacial score (nSPS) is 11.7. The number of hydrogen-bond donors (Lipinski definition) is 3. The van der Waals surface area contributed by atoms with E-state index in [0.717, 1.165) is 5.56 Å². The fourth-order valence-electron chi connectivity index (χ4n) is 2.37. The van der Waals surface area contributed by atoms with Crippen LogP contribution in [0.4, 0.5) is 14.6 Å². The number of aromatic amines is 1. The lowest BCUT2D eigenvalue weighted by atomic mass is 10.1. The molecule has 2 heterocycles. The van der Waals surface area contributed by atoms with Gasteiger partial charge in [-0.15, -0.1) is 0 Å². The van der Waals surface area contributed by atoms with Gasteiger partial charge in [-0.2, -0.15) is 5.10 Å². The van der Waals surface area contributed by atoms with Crippen LogP contribution in [0.5, 0.6) is 0 Å².